The maximum Gasteiger partial charge on any atom is 0.321 e. The number of sulfonamides is 1. The fraction of sp³-hybridized carbons (Fsp3) is 0.111. The number of hydrogen-bond donors (Lipinski definition) is 2. The third kappa shape index (κ3) is 6.05. The zero-order valence-electron chi connectivity index (χ0n) is 19.6. The molecule has 3 aromatic rings. The third-order valence-electron chi connectivity index (χ3n) is 5.53. The van der Waals surface area contributed by atoms with Crippen molar-refractivity contribution in [2.75, 3.05) is 11.9 Å². The van der Waals surface area contributed by atoms with Crippen molar-refractivity contribution in [1.29, 1.82) is 0 Å². The van der Waals surface area contributed by atoms with Crippen LogP contribution in [-0.4, -0.2) is 44.5 Å². The van der Waals surface area contributed by atoms with Gasteiger partial charge in [0.25, 0.3) is 5.91 Å². The molecule has 0 heterocycles. The lowest BCUT2D eigenvalue weighted by Crippen LogP contribution is -2.35. The van der Waals surface area contributed by atoms with Gasteiger partial charge in [-0.3, -0.25) is 19.2 Å². The molecule has 1 aliphatic rings. The standard InChI is InChI=1S/C27H22N2O7S/c1-17(36-24(30)16-28-37(34,35)14-13-18-7-3-2-4-8-18)27(33)29-19-11-12-22-23(15-19)26(32)21-10-6-5-9-20(21)25(22)31/h2-15,17,28H,16H2,1H3,(H,29,33)/b14-13+. The molecule has 0 saturated carbocycles. The summed E-state index contributed by atoms with van der Waals surface area (Å²) in [4.78, 5) is 50.2. The van der Waals surface area contributed by atoms with Crippen molar-refractivity contribution in [1.82, 2.24) is 4.72 Å². The van der Waals surface area contributed by atoms with E-state index in [2.05, 4.69) is 10.0 Å². The van der Waals surface area contributed by atoms with E-state index in [-0.39, 0.29) is 33.9 Å². The number of anilines is 1. The summed E-state index contributed by atoms with van der Waals surface area (Å²) in [5.41, 5.74) is 1.89. The van der Waals surface area contributed by atoms with Gasteiger partial charge in [-0.1, -0.05) is 54.6 Å². The predicted molar refractivity (Wildman–Crippen MR) is 136 cm³/mol. The number of ketones is 2. The Kier molecular flexibility index (Phi) is 7.42. The van der Waals surface area contributed by atoms with Crippen molar-refractivity contribution in [3.8, 4) is 0 Å². The number of ether oxygens (including phenoxy) is 1. The van der Waals surface area contributed by atoms with Crippen molar-refractivity contribution >= 4 is 45.2 Å². The van der Waals surface area contributed by atoms with Crippen molar-refractivity contribution in [2.24, 2.45) is 0 Å². The highest BCUT2D eigenvalue weighted by Gasteiger charge is 2.29. The summed E-state index contributed by atoms with van der Waals surface area (Å²) in [6, 6.07) is 19.6. The number of benzene rings is 3. The van der Waals surface area contributed by atoms with Gasteiger partial charge in [0.1, 0.15) is 6.54 Å². The molecule has 0 aromatic heterocycles. The lowest BCUT2D eigenvalue weighted by molar-refractivity contribution is -0.151. The average Bonchev–Trinajstić information content (AvgIpc) is 2.90. The van der Waals surface area contributed by atoms with E-state index in [0.717, 1.165) is 5.41 Å². The van der Waals surface area contributed by atoms with Crippen LogP contribution in [0.1, 0.15) is 44.3 Å². The number of nitrogens with one attached hydrogen (secondary N) is 2. The van der Waals surface area contributed by atoms with Crippen LogP contribution in [0.15, 0.2) is 78.2 Å². The highest BCUT2D eigenvalue weighted by molar-refractivity contribution is 7.92. The van der Waals surface area contributed by atoms with E-state index in [0.29, 0.717) is 11.1 Å². The van der Waals surface area contributed by atoms with Crippen molar-refractivity contribution in [3.63, 3.8) is 0 Å². The summed E-state index contributed by atoms with van der Waals surface area (Å²) in [7, 11) is -3.91. The molecule has 3 aromatic carbocycles. The highest BCUT2D eigenvalue weighted by atomic mass is 32.2. The van der Waals surface area contributed by atoms with Crippen LogP contribution < -0.4 is 10.0 Å². The molecule has 0 fully saturated rings. The lowest BCUT2D eigenvalue weighted by Gasteiger charge is -2.19. The predicted octanol–water partition coefficient (Wildman–Crippen LogP) is 2.92. The summed E-state index contributed by atoms with van der Waals surface area (Å²) in [5, 5.41) is 3.46. The Labute approximate surface area is 213 Å². The van der Waals surface area contributed by atoms with Crippen LogP contribution in [0.5, 0.6) is 0 Å². The molecule has 1 aliphatic carbocycles. The van der Waals surface area contributed by atoms with Gasteiger partial charge in [0.2, 0.25) is 10.0 Å². The van der Waals surface area contributed by atoms with Crippen LogP contribution in [0.2, 0.25) is 0 Å². The minimum atomic E-state index is -3.91. The Morgan fingerprint density at radius 2 is 1.46 bits per heavy atom. The van der Waals surface area contributed by atoms with Gasteiger partial charge in [-0.15, -0.1) is 0 Å². The first-order valence-electron chi connectivity index (χ1n) is 11.2. The Hall–Kier alpha value is -4.41. The number of esters is 1. The Morgan fingerprint density at radius 1 is 0.865 bits per heavy atom. The fourth-order valence-corrected chi connectivity index (χ4v) is 4.40. The van der Waals surface area contributed by atoms with E-state index >= 15 is 0 Å². The molecule has 9 nitrogen and oxygen atoms in total. The second-order valence-electron chi connectivity index (χ2n) is 8.17. The molecule has 1 amide bonds. The molecular formula is C27H22N2O7S. The van der Waals surface area contributed by atoms with Gasteiger partial charge < -0.3 is 10.1 Å². The van der Waals surface area contributed by atoms with E-state index in [1.807, 2.05) is 0 Å². The average molecular weight is 519 g/mol. The molecule has 0 radical (unpaired) electrons. The quantitative estimate of drug-likeness (QED) is 0.342. The molecule has 1 unspecified atom stereocenters. The van der Waals surface area contributed by atoms with Crippen LogP contribution in [0.4, 0.5) is 5.69 Å². The van der Waals surface area contributed by atoms with Gasteiger partial charge in [0.15, 0.2) is 17.7 Å². The third-order valence-corrected chi connectivity index (χ3v) is 6.57. The Morgan fingerprint density at radius 3 is 2.14 bits per heavy atom. The van der Waals surface area contributed by atoms with Gasteiger partial charge in [-0.25, -0.2) is 13.1 Å². The van der Waals surface area contributed by atoms with E-state index < -0.39 is 34.5 Å². The minimum absolute atomic E-state index is 0.157. The number of hydrogen-bond acceptors (Lipinski definition) is 7. The number of carbonyl (C=O) groups is 4. The Bertz CT molecular complexity index is 1530. The number of amides is 1. The van der Waals surface area contributed by atoms with E-state index in [4.69, 9.17) is 4.74 Å². The van der Waals surface area contributed by atoms with E-state index in [9.17, 15) is 27.6 Å². The summed E-state index contributed by atoms with van der Waals surface area (Å²) in [5.74, 6) is -2.28. The first-order chi connectivity index (χ1) is 17.6. The minimum Gasteiger partial charge on any atom is -0.452 e. The van der Waals surface area contributed by atoms with Gasteiger partial charge in [0.05, 0.1) is 0 Å². The number of fused-ring (bicyclic) bond motifs is 2. The molecule has 1 atom stereocenters. The fourth-order valence-electron chi connectivity index (χ4n) is 3.65. The molecule has 0 bridgehead atoms. The van der Waals surface area contributed by atoms with Crippen LogP contribution in [-0.2, 0) is 24.3 Å². The molecule has 0 saturated heterocycles. The normalized spacial score (nSPS) is 13.5. The topological polar surface area (TPSA) is 136 Å². The van der Waals surface area contributed by atoms with E-state index in [1.54, 1.807) is 54.6 Å². The molecule has 10 heteroatoms. The lowest BCUT2D eigenvalue weighted by atomic mass is 9.84. The molecule has 37 heavy (non-hydrogen) atoms. The van der Waals surface area contributed by atoms with Crippen LogP contribution in [0.3, 0.4) is 0 Å². The van der Waals surface area contributed by atoms with Gasteiger partial charge in [-0.2, -0.15) is 0 Å². The molecule has 188 valence electrons. The molecule has 2 N–H and O–H groups in total. The largest absolute Gasteiger partial charge is 0.452 e. The SMILES string of the molecule is CC(OC(=O)CNS(=O)(=O)/C=C/c1ccccc1)C(=O)Nc1ccc2c(c1)C(=O)c1ccccc1C2=O. The summed E-state index contributed by atoms with van der Waals surface area (Å²) in [6.45, 7) is 0.647. The first-order valence-corrected chi connectivity index (χ1v) is 12.7. The first kappa shape index (κ1) is 25.7. The van der Waals surface area contributed by atoms with Crippen molar-refractivity contribution in [2.45, 2.75) is 13.0 Å². The van der Waals surface area contributed by atoms with Crippen molar-refractivity contribution < 1.29 is 32.3 Å². The van der Waals surface area contributed by atoms with Gasteiger partial charge in [0, 0.05) is 33.3 Å². The van der Waals surface area contributed by atoms with Gasteiger partial charge >= 0.3 is 5.97 Å². The maximum atomic E-state index is 12.9. The van der Waals surface area contributed by atoms with Crippen LogP contribution in [0, 0.1) is 0 Å². The number of rotatable bonds is 8. The Balaban J connectivity index is 1.34. The van der Waals surface area contributed by atoms with Crippen molar-refractivity contribution in [3.05, 3.63) is 106 Å². The number of carbonyl (C=O) groups excluding carboxylic acids is 4. The summed E-state index contributed by atoms with van der Waals surface area (Å²) >= 11 is 0. The smallest absolute Gasteiger partial charge is 0.321 e. The second kappa shape index (κ2) is 10.7. The molecule has 4 rings (SSSR count). The zero-order valence-corrected chi connectivity index (χ0v) is 20.4. The van der Waals surface area contributed by atoms with Crippen LogP contribution >= 0.6 is 0 Å². The summed E-state index contributed by atoms with van der Waals surface area (Å²) in [6.07, 6.45) is 0.116. The molecule has 0 aliphatic heterocycles. The highest BCUT2D eigenvalue weighted by Crippen LogP contribution is 2.29. The second-order valence-corrected chi connectivity index (χ2v) is 9.82. The molecular weight excluding hydrogens is 496 g/mol. The summed E-state index contributed by atoms with van der Waals surface area (Å²) < 4.78 is 31.3. The molecule has 0 spiro atoms. The monoisotopic (exact) mass is 518 g/mol. The van der Waals surface area contributed by atoms with Crippen LogP contribution in [0.25, 0.3) is 6.08 Å². The zero-order chi connectivity index (χ0) is 26.6. The van der Waals surface area contributed by atoms with E-state index in [1.165, 1.54) is 31.2 Å². The van der Waals surface area contributed by atoms with Gasteiger partial charge in [-0.05, 0) is 36.8 Å². The maximum absolute atomic E-state index is 12.9.